The summed E-state index contributed by atoms with van der Waals surface area (Å²) in [5.41, 5.74) is 0.652. The second-order valence-electron chi connectivity index (χ2n) is 4.47. The van der Waals surface area contributed by atoms with Crippen LogP contribution in [0.5, 0.6) is 0 Å². The van der Waals surface area contributed by atoms with Crippen molar-refractivity contribution in [3.63, 3.8) is 0 Å². The lowest BCUT2D eigenvalue weighted by Crippen LogP contribution is -2.37. The van der Waals surface area contributed by atoms with Gasteiger partial charge in [-0.3, -0.25) is 9.59 Å². The molecule has 0 bridgehead atoms. The number of amides is 1. The van der Waals surface area contributed by atoms with Gasteiger partial charge in [0.15, 0.2) is 0 Å². The molecule has 2 atom stereocenters. The molecule has 1 amide bonds. The number of nitrogens with zero attached hydrogens (tertiary/aromatic N) is 1. The summed E-state index contributed by atoms with van der Waals surface area (Å²) in [6.45, 7) is 1.73. The average molecular weight is 233 g/mol. The van der Waals surface area contributed by atoms with Gasteiger partial charge in [0, 0.05) is 11.6 Å². The standard InChI is InChI=1S/C13H15NO3/c1-9-7-11(9)13(17)14(8-12(15)16)10-5-3-2-4-6-10/h2-6,9,11H,7-8H2,1H3,(H,15,16). The number of rotatable bonds is 4. The molecule has 1 aliphatic rings. The van der Waals surface area contributed by atoms with Crippen LogP contribution < -0.4 is 4.90 Å². The zero-order chi connectivity index (χ0) is 12.4. The zero-order valence-electron chi connectivity index (χ0n) is 9.67. The van der Waals surface area contributed by atoms with Crippen molar-refractivity contribution in [2.24, 2.45) is 11.8 Å². The molecule has 0 spiro atoms. The van der Waals surface area contributed by atoms with E-state index in [4.69, 9.17) is 5.11 Å². The van der Waals surface area contributed by atoms with Gasteiger partial charge in [-0.25, -0.2) is 0 Å². The second-order valence-corrected chi connectivity index (χ2v) is 4.47. The van der Waals surface area contributed by atoms with E-state index in [0.717, 1.165) is 6.42 Å². The lowest BCUT2D eigenvalue weighted by atomic mass is 10.2. The largest absolute Gasteiger partial charge is 0.480 e. The molecule has 0 aromatic heterocycles. The number of para-hydroxylation sites is 1. The first kappa shape index (κ1) is 11.6. The van der Waals surface area contributed by atoms with Gasteiger partial charge in [-0.05, 0) is 24.5 Å². The SMILES string of the molecule is CC1CC1C(=O)N(CC(=O)O)c1ccccc1. The van der Waals surface area contributed by atoms with Gasteiger partial charge < -0.3 is 10.0 Å². The van der Waals surface area contributed by atoms with Crippen LogP contribution >= 0.6 is 0 Å². The Morgan fingerprint density at radius 2 is 1.94 bits per heavy atom. The van der Waals surface area contributed by atoms with Crippen molar-refractivity contribution in [3.8, 4) is 0 Å². The normalized spacial score (nSPS) is 21.9. The second kappa shape index (κ2) is 4.57. The van der Waals surface area contributed by atoms with E-state index in [2.05, 4.69) is 0 Å². The molecule has 1 N–H and O–H groups in total. The van der Waals surface area contributed by atoms with Crippen LogP contribution in [0, 0.1) is 11.8 Å². The summed E-state index contributed by atoms with van der Waals surface area (Å²) in [7, 11) is 0. The van der Waals surface area contributed by atoms with Gasteiger partial charge in [-0.2, -0.15) is 0 Å². The number of carboxylic acid groups (broad SMARTS) is 1. The molecule has 90 valence electrons. The number of anilines is 1. The lowest BCUT2D eigenvalue weighted by Gasteiger charge is -2.20. The van der Waals surface area contributed by atoms with Gasteiger partial charge in [-0.15, -0.1) is 0 Å². The number of hydrogen-bond acceptors (Lipinski definition) is 2. The first-order chi connectivity index (χ1) is 8.09. The fourth-order valence-corrected chi connectivity index (χ4v) is 1.91. The molecule has 1 aliphatic carbocycles. The molecule has 0 radical (unpaired) electrons. The highest BCUT2D eigenvalue weighted by molar-refractivity contribution is 6.00. The van der Waals surface area contributed by atoms with Crippen molar-refractivity contribution in [3.05, 3.63) is 30.3 Å². The number of aliphatic carboxylic acids is 1. The third-order valence-electron chi connectivity index (χ3n) is 3.05. The summed E-state index contributed by atoms with van der Waals surface area (Å²) >= 11 is 0. The summed E-state index contributed by atoms with van der Waals surface area (Å²) in [4.78, 5) is 24.3. The van der Waals surface area contributed by atoms with Crippen molar-refractivity contribution in [1.29, 1.82) is 0 Å². The molecule has 0 aliphatic heterocycles. The van der Waals surface area contributed by atoms with Crippen LogP contribution in [0.4, 0.5) is 5.69 Å². The first-order valence-electron chi connectivity index (χ1n) is 5.68. The number of hydrogen-bond donors (Lipinski definition) is 1. The number of benzene rings is 1. The van der Waals surface area contributed by atoms with E-state index >= 15 is 0 Å². The van der Waals surface area contributed by atoms with Gasteiger partial charge in [0.25, 0.3) is 0 Å². The topological polar surface area (TPSA) is 57.6 Å². The van der Waals surface area contributed by atoms with Crippen molar-refractivity contribution < 1.29 is 14.7 Å². The third kappa shape index (κ3) is 2.64. The summed E-state index contributed by atoms with van der Waals surface area (Å²) in [6, 6.07) is 8.95. The molecule has 1 fully saturated rings. The Bertz CT molecular complexity index is 430. The molecular formula is C13H15NO3. The van der Waals surface area contributed by atoms with Crippen LogP contribution in [0.1, 0.15) is 13.3 Å². The van der Waals surface area contributed by atoms with Crippen LogP contribution in [-0.4, -0.2) is 23.5 Å². The lowest BCUT2D eigenvalue weighted by molar-refractivity contribution is -0.136. The van der Waals surface area contributed by atoms with Crippen molar-refractivity contribution in [1.82, 2.24) is 0 Å². The Morgan fingerprint density at radius 1 is 1.35 bits per heavy atom. The molecule has 2 unspecified atom stereocenters. The molecule has 2 rings (SSSR count). The fourth-order valence-electron chi connectivity index (χ4n) is 1.91. The third-order valence-corrected chi connectivity index (χ3v) is 3.05. The maximum Gasteiger partial charge on any atom is 0.323 e. The Balaban J connectivity index is 2.19. The Morgan fingerprint density at radius 3 is 2.41 bits per heavy atom. The average Bonchev–Trinajstić information content (AvgIpc) is 3.03. The van der Waals surface area contributed by atoms with Crippen LogP contribution in [0.2, 0.25) is 0 Å². The molecule has 4 nitrogen and oxygen atoms in total. The zero-order valence-corrected chi connectivity index (χ0v) is 9.67. The van der Waals surface area contributed by atoms with E-state index in [1.807, 2.05) is 13.0 Å². The van der Waals surface area contributed by atoms with Crippen molar-refractivity contribution in [2.75, 3.05) is 11.4 Å². The minimum atomic E-state index is -0.990. The Kier molecular flexibility index (Phi) is 3.13. The van der Waals surface area contributed by atoms with E-state index in [1.54, 1.807) is 24.3 Å². The summed E-state index contributed by atoms with van der Waals surface area (Å²) < 4.78 is 0. The summed E-state index contributed by atoms with van der Waals surface area (Å²) in [6.07, 6.45) is 0.863. The molecule has 17 heavy (non-hydrogen) atoms. The molecule has 0 saturated heterocycles. The minimum absolute atomic E-state index is 0.00504. The monoisotopic (exact) mass is 233 g/mol. The molecule has 1 saturated carbocycles. The first-order valence-corrected chi connectivity index (χ1v) is 5.68. The predicted octanol–water partition coefficient (Wildman–Crippen LogP) is 1.76. The Labute approximate surface area is 99.9 Å². The van der Waals surface area contributed by atoms with E-state index in [9.17, 15) is 9.59 Å². The minimum Gasteiger partial charge on any atom is -0.480 e. The molecular weight excluding hydrogens is 218 g/mol. The summed E-state index contributed by atoms with van der Waals surface area (Å²) in [5.74, 6) is -0.696. The smallest absolute Gasteiger partial charge is 0.323 e. The van der Waals surface area contributed by atoms with Crippen LogP contribution in [-0.2, 0) is 9.59 Å². The van der Waals surface area contributed by atoms with E-state index in [0.29, 0.717) is 11.6 Å². The van der Waals surface area contributed by atoms with Crippen LogP contribution in [0.3, 0.4) is 0 Å². The highest BCUT2D eigenvalue weighted by Gasteiger charge is 2.42. The fraction of sp³-hybridized carbons (Fsp3) is 0.385. The van der Waals surface area contributed by atoms with Gasteiger partial charge >= 0.3 is 5.97 Å². The molecule has 1 aromatic rings. The van der Waals surface area contributed by atoms with Gasteiger partial charge in [0.2, 0.25) is 5.91 Å². The molecule has 4 heteroatoms. The van der Waals surface area contributed by atoms with Crippen LogP contribution in [0.25, 0.3) is 0 Å². The van der Waals surface area contributed by atoms with E-state index in [1.165, 1.54) is 4.90 Å². The maximum atomic E-state index is 12.1. The number of carbonyl (C=O) groups is 2. The van der Waals surface area contributed by atoms with Crippen molar-refractivity contribution >= 4 is 17.6 Å². The quantitative estimate of drug-likeness (QED) is 0.862. The van der Waals surface area contributed by atoms with Gasteiger partial charge in [0.1, 0.15) is 6.54 Å². The Hall–Kier alpha value is -1.84. The summed E-state index contributed by atoms with van der Waals surface area (Å²) in [5, 5.41) is 8.87. The number of carboxylic acids is 1. The predicted molar refractivity (Wildman–Crippen MR) is 63.7 cm³/mol. The molecule has 1 aromatic carbocycles. The maximum absolute atomic E-state index is 12.1. The number of carbonyl (C=O) groups excluding carboxylic acids is 1. The van der Waals surface area contributed by atoms with E-state index < -0.39 is 5.97 Å². The van der Waals surface area contributed by atoms with Crippen LogP contribution in [0.15, 0.2) is 30.3 Å². The highest BCUT2D eigenvalue weighted by atomic mass is 16.4. The molecule has 0 heterocycles. The van der Waals surface area contributed by atoms with Crippen molar-refractivity contribution in [2.45, 2.75) is 13.3 Å². The van der Waals surface area contributed by atoms with Gasteiger partial charge in [-0.1, -0.05) is 25.1 Å². The van der Waals surface area contributed by atoms with E-state index in [-0.39, 0.29) is 18.4 Å². The van der Waals surface area contributed by atoms with Gasteiger partial charge in [0.05, 0.1) is 0 Å². The highest BCUT2D eigenvalue weighted by Crippen LogP contribution is 2.39.